The molecule has 144 valence electrons. The summed E-state index contributed by atoms with van der Waals surface area (Å²) in [5, 5.41) is 17.0. The third-order valence-corrected chi connectivity index (χ3v) is 4.36. The maximum Gasteiger partial charge on any atom is 0.233 e. The van der Waals surface area contributed by atoms with Crippen LogP contribution in [0.2, 0.25) is 0 Å². The fourth-order valence-electron chi connectivity index (χ4n) is 2.91. The van der Waals surface area contributed by atoms with Gasteiger partial charge in [-0.2, -0.15) is 0 Å². The van der Waals surface area contributed by atoms with Gasteiger partial charge in [-0.05, 0) is 25.0 Å². The Balaban J connectivity index is 1.38. The fourth-order valence-corrected chi connectivity index (χ4v) is 2.91. The fraction of sp³-hybridized carbons (Fsp3) is 0.421. The Hall–Kier alpha value is -2.87. The molecule has 0 spiro atoms. The van der Waals surface area contributed by atoms with Crippen molar-refractivity contribution in [2.45, 2.75) is 18.9 Å². The van der Waals surface area contributed by atoms with Crippen LogP contribution >= 0.6 is 0 Å². The Labute approximate surface area is 158 Å². The summed E-state index contributed by atoms with van der Waals surface area (Å²) >= 11 is 0. The highest BCUT2D eigenvalue weighted by Gasteiger charge is 2.21. The van der Waals surface area contributed by atoms with Gasteiger partial charge >= 0.3 is 0 Å². The molecule has 1 fully saturated rings. The Kier molecular flexibility index (Phi) is 6.43. The van der Waals surface area contributed by atoms with Gasteiger partial charge < -0.3 is 24.2 Å². The number of nitrogens with one attached hydrogen (secondary N) is 1. The topological polar surface area (TPSA) is 101 Å². The first-order chi connectivity index (χ1) is 13.2. The number of anilines is 1. The number of phenolic OH excluding ortho intramolecular Hbond substituents is 1. The average molecular weight is 372 g/mol. The van der Waals surface area contributed by atoms with Gasteiger partial charge in [0, 0.05) is 19.2 Å². The van der Waals surface area contributed by atoms with Crippen molar-refractivity contribution in [1.29, 1.82) is 5.41 Å². The van der Waals surface area contributed by atoms with Crippen LogP contribution in [-0.4, -0.2) is 60.5 Å². The van der Waals surface area contributed by atoms with Crippen molar-refractivity contribution in [3.63, 3.8) is 0 Å². The number of rotatable bonds is 7. The number of aromatic nitrogens is 2. The summed E-state index contributed by atoms with van der Waals surface area (Å²) in [5.74, 6) is 1.63. The van der Waals surface area contributed by atoms with Crippen molar-refractivity contribution in [3.8, 4) is 11.5 Å². The van der Waals surface area contributed by atoms with Crippen LogP contribution in [0.4, 0.5) is 5.82 Å². The van der Waals surface area contributed by atoms with Gasteiger partial charge in [-0.3, -0.25) is 5.41 Å². The molecule has 2 aromatic rings. The normalized spacial score (nSPS) is 14.8. The van der Waals surface area contributed by atoms with Gasteiger partial charge in [0.05, 0.1) is 32.2 Å². The third-order valence-electron chi connectivity index (χ3n) is 4.36. The largest absolute Gasteiger partial charge is 0.508 e. The van der Waals surface area contributed by atoms with Gasteiger partial charge in [-0.1, -0.05) is 6.07 Å². The Morgan fingerprint density at radius 2 is 2.04 bits per heavy atom. The highest BCUT2D eigenvalue weighted by Crippen LogP contribution is 2.20. The zero-order valence-electron chi connectivity index (χ0n) is 15.3. The van der Waals surface area contributed by atoms with Gasteiger partial charge in [0.15, 0.2) is 0 Å². The van der Waals surface area contributed by atoms with Crippen LogP contribution in [0, 0.1) is 5.41 Å². The van der Waals surface area contributed by atoms with Crippen molar-refractivity contribution in [1.82, 2.24) is 9.97 Å². The molecular weight excluding hydrogens is 348 g/mol. The highest BCUT2D eigenvalue weighted by atomic mass is 16.5. The minimum atomic E-state index is 0.00842. The minimum absolute atomic E-state index is 0.00842. The Morgan fingerprint density at radius 1 is 1.22 bits per heavy atom. The van der Waals surface area contributed by atoms with E-state index in [1.165, 1.54) is 7.11 Å². The predicted molar refractivity (Wildman–Crippen MR) is 101 cm³/mol. The SMILES string of the molecule is COC(=N)c1cnc(N2CCC(OCCOc3cccc(O)c3)CC2)cn1. The summed E-state index contributed by atoms with van der Waals surface area (Å²) in [7, 11) is 1.44. The van der Waals surface area contributed by atoms with Gasteiger partial charge in [-0.25, -0.2) is 9.97 Å². The lowest BCUT2D eigenvalue weighted by molar-refractivity contribution is 0.0202. The van der Waals surface area contributed by atoms with Crippen molar-refractivity contribution in [3.05, 3.63) is 42.4 Å². The van der Waals surface area contributed by atoms with E-state index >= 15 is 0 Å². The monoisotopic (exact) mass is 372 g/mol. The van der Waals surface area contributed by atoms with Crippen LogP contribution in [0.5, 0.6) is 11.5 Å². The Morgan fingerprint density at radius 3 is 2.70 bits per heavy atom. The number of piperidine rings is 1. The van der Waals surface area contributed by atoms with Gasteiger partial charge in [0.2, 0.25) is 5.90 Å². The summed E-state index contributed by atoms with van der Waals surface area (Å²) in [6, 6.07) is 6.74. The molecule has 0 amide bonds. The highest BCUT2D eigenvalue weighted by molar-refractivity contribution is 5.89. The molecule has 1 aromatic carbocycles. The number of methoxy groups -OCH3 is 1. The van der Waals surface area contributed by atoms with Crippen LogP contribution in [-0.2, 0) is 9.47 Å². The third kappa shape index (κ3) is 5.30. The van der Waals surface area contributed by atoms with E-state index in [1.807, 2.05) is 0 Å². The van der Waals surface area contributed by atoms with Crippen LogP contribution in [0.15, 0.2) is 36.7 Å². The maximum absolute atomic E-state index is 9.40. The van der Waals surface area contributed by atoms with Crippen LogP contribution in [0.3, 0.4) is 0 Å². The zero-order valence-corrected chi connectivity index (χ0v) is 15.3. The second kappa shape index (κ2) is 9.18. The minimum Gasteiger partial charge on any atom is -0.508 e. The van der Waals surface area contributed by atoms with E-state index in [0.29, 0.717) is 24.7 Å². The summed E-state index contributed by atoms with van der Waals surface area (Å²) in [6.45, 7) is 2.64. The number of aromatic hydroxyl groups is 1. The molecule has 8 heteroatoms. The van der Waals surface area contributed by atoms with E-state index in [9.17, 15) is 5.11 Å². The first-order valence-electron chi connectivity index (χ1n) is 8.89. The van der Waals surface area contributed by atoms with Crippen LogP contribution in [0.1, 0.15) is 18.5 Å². The molecular formula is C19H24N4O4. The molecule has 1 saturated heterocycles. The molecule has 1 aromatic heterocycles. The van der Waals surface area contributed by atoms with E-state index in [1.54, 1.807) is 36.7 Å². The smallest absolute Gasteiger partial charge is 0.233 e. The van der Waals surface area contributed by atoms with E-state index in [4.69, 9.17) is 19.6 Å². The summed E-state index contributed by atoms with van der Waals surface area (Å²) < 4.78 is 16.3. The van der Waals surface area contributed by atoms with E-state index in [2.05, 4.69) is 14.9 Å². The number of hydrogen-bond donors (Lipinski definition) is 2. The molecule has 0 radical (unpaired) electrons. The average Bonchev–Trinajstić information content (AvgIpc) is 2.71. The Bertz CT molecular complexity index is 746. The van der Waals surface area contributed by atoms with Crippen molar-refractivity contribution in [2.75, 3.05) is 38.3 Å². The molecule has 2 heterocycles. The van der Waals surface area contributed by atoms with Gasteiger partial charge in [0.1, 0.15) is 29.6 Å². The van der Waals surface area contributed by atoms with Gasteiger partial charge in [0.25, 0.3) is 0 Å². The van der Waals surface area contributed by atoms with E-state index < -0.39 is 0 Å². The molecule has 0 saturated carbocycles. The summed E-state index contributed by atoms with van der Waals surface area (Å²) in [5.41, 5.74) is 0.422. The van der Waals surface area contributed by atoms with E-state index in [-0.39, 0.29) is 17.8 Å². The molecule has 0 aliphatic carbocycles. The summed E-state index contributed by atoms with van der Waals surface area (Å²) in [6.07, 6.45) is 5.24. The molecule has 0 atom stereocenters. The molecule has 8 nitrogen and oxygen atoms in total. The van der Waals surface area contributed by atoms with Gasteiger partial charge in [-0.15, -0.1) is 0 Å². The lowest BCUT2D eigenvalue weighted by atomic mass is 10.1. The van der Waals surface area contributed by atoms with E-state index in [0.717, 1.165) is 31.7 Å². The molecule has 1 aliphatic rings. The molecule has 2 N–H and O–H groups in total. The maximum atomic E-state index is 9.40. The standard InChI is InChI=1S/C19H24N4O4/c1-25-19(20)17-12-22-18(13-21-17)23-7-5-15(6-8-23)26-9-10-27-16-4-2-3-14(24)11-16/h2-4,11-13,15,20,24H,5-10H2,1H3. The molecule has 27 heavy (non-hydrogen) atoms. The van der Waals surface area contributed by atoms with Crippen molar-refractivity contribution >= 4 is 11.7 Å². The second-order valence-corrected chi connectivity index (χ2v) is 6.20. The predicted octanol–water partition coefficient (Wildman–Crippen LogP) is 2.22. The lowest BCUT2D eigenvalue weighted by Crippen LogP contribution is -2.38. The molecule has 0 bridgehead atoms. The van der Waals surface area contributed by atoms with Crippen molar-refractivity contribution < 1.29 is 19.3 Å². The number of benzene rings is 1. The molecule has 3 rings (SSSR count). The number of phenols is 1. The zero-order chi connectivity index (χ0) is 19.1. The number of ether oxygens (including phenoxy) is 3. The summed E-state index contributed by atoms with van der Waals surface area (Å²) in [4.78, 5) is 10.8. The quantitative estimate of drug-likeness (QED) is 0.436. The van der Waals surface area contributed by atoms with Crippen LogP contribution < -0.4 is 9.64 Å². The van der Waals surface area contributed by atoms with Crippen molar-refractivity contribution in [2.24, 2.45) is 0 Å². The molecule has 0 unspecified atom stereocenters. The lowest BCUT2D eigenvalue weighted by Gasteiger charge is -2.32. The van der Waals surface area contributed by atoms with Crippen LogP contribution in [0.25, 0.3) is 0 Å². The number of nitrogens with zero attached hydrogens (tertiary/aromatic N) is 3. The first-order valence-corrected chi connectivity index (χ1v) is 8.89. The first kappa shape index (κ1) is 18.9. The second-order valence-electron chi connectivity index (χ2n) is 6.20. The molecule has 1 aliphatic heterocycles. The number of hydrogen-bond acceptors (Lipinski definition) is 8.